The van der Waals surface area contributed by atoms with E-state index in [0.29, 0.717) is 12.0 Å². The molecule has 0 amide bonds. The highest BCUT2D eigenvalue weighted by molar-refractivity contribution is 6.22. The van der Waals surface area contributed by atoms with Crippen LogP contribution >= 0.6 is 0 Å². The molecule has 272 valence electrons. The number of benzene rings is 6. The van der Waals surface area contributed by atoms with Crippen LogP contribution < -0.4 is 9.80 Å². The zero-order chi connectivity index (χ0) is 37.0. The number of hydrogen-bond donors (Lipinski definition) is 0. The molecule has 2 unspecified atom stereocenters. The second-order valence-electron chi connectivity index (χ2n) is 16.1. The summed E-state index contributed by atoms with van der Waals surface area (Å²) in [6.45, 7) is 0. The molecule has 0 bridgehead atoms. The molecule has 5 aliphatic rings. The fourth-order valence-electron chi connectivity index (χ4n) is 10.4. The molecule has 0 aromatic heterocycles. The van der Waals surface area contributed by atoms with Crippen molar-refractivity contribution in [1.29, 1.82) is 0 Å². The van der Waals surface area contributed by atoms with E-state index in [0.717, 1.165) is 44.9 Å². The molecule has 2 aliphatic heterocycles. The number of anilines is 3. The Kier molecular flexibility index (Phi) is 8.23. The maximum atomic E-state index is 2.71. The molecule has 0 saturated carbocycles. The van der Waals surface area contributed by atoms with Gasteiger partial charge in [-0.15, -0.1) is 0 Å². The first-order valence-corrected chi connectivity index (χ1v) is 20.7. The molecular weight excluding hydrogens is 677 g/mol. The van der Waals surface area contributed by atoms with E-state index in [2.05, 4.69) is 180 Å². The molecule has 56 heavy (non-hydrogen) atoms. The Bertz CT molecular complexity index is 2700. The highest BCUT2D eigenvalue weighted by Crippen LogP contribution is 2.49. The number of allylic oxidation sites excluding steroid dienone is 9. The van der Waals surface area contributed by atoms with E-state index in [9.17, 15) is 0 Å². The maximum Gasteiger partial charge on any atom is 0.0585 e. The van der Waals surface area contributed by atoms with Gasteiger partial charge in [-0.3, -0.25) is 0 Å². The molecule has 0 radical (unpaired) electrons. The predicted octanol–water partition coefficient (Wildman–Crippen LogP) is 14.3. The summed E-state index contributed by atoms with van der Waals surface area (Å²) in [5.41, 5.74) is 16.2. The molecular formula is C54H46N2. The van der Waals surface area contributed by atoms with Crippen molar-refractivity contribution < 1.29 is 0 Å². The van der Waals surface area contributed by atoms with E-state index in [1.165, 1.54) is 89.8 Å². The number of nitrogens with zero attached hydrogens (tertiary/aromatic N) is 2. The van der Waals surface area contributed by atoms with Gasteiger partial charge in [-0.1, -0.05) is 134 Å². The molecule has 3 aliphatic carbocycles. The van der Waals surface area contributed by atoms with Gasteiger partial charge >= 0.3 is 0 Å². The summed E-state index contributed by atoms with van der Waals surface area (Å²) in [6, 6.07) is 46.3. The molecule has 2 heteroatoms. The molecule has 0 spiro atoms. The Morgan fingerprint density at radius 2 is 1.18 bits per heavy atom. The highest BCUT2D eigenvalue weighted by atomic mass is 15.2. The molecule has 0 saturated heterocycles. The van der Waals surface area contributed by atoms with Gasteiger partial charge in [0.05, 0.1) is 6.04 Å². The van der Waals surface area contributed by atoms with Crippen LogP contribution in [0, 0.1) is 5.92 Å². The Hall–Kier alpha value is -6.12. The Balaban J connectivity index is 1.22. The van der Waals surface area contributed by atoms with E-state index in [-0.39, 0.29) is 0 Å². The Labute approximate surface area is 330 Å². The lowest BCUT2D eigenvalue weighted by molar-refractivity contribution is 0.527. The van der Waals surface area contributed by atoms with Crippen LogP contribution in [0.1, 0.15) is 50.5 Å². The summed E-state index contributed by atoms with van der Waals surface area (Å²) in [5.74, 6) is 0.479. The van der Waals surface area contributed by atoms with Crippen molar-refractivity contribution in [3.63, 3.8) is 0 Å². The molecule has 2 nitrogen and oxygen atoms in total. The first-order valence-electron chi connectivity index (χ1n) is 20.7. The molecule has 0 fully saturated rings. The van der Waals surface area contributed by atoms with E-state index in [1.54, 1.807) is 5.57 Å². The smallest absolute Gasteiger partial charge is 0.0585 e. The lowest BCUT2D eigenvalue weighted by atomic mass is 9.85. The van der Waals surface area contributed by atoms with Crippen LogP contribution in [0.5, 0.6) is 0 Å². The molecule has 0 N–H and O–H groups in total. The van der Waals surface area contributed by atoms with Crippen LogP contribution in [-0.4, -0.2) is 6.04 Å². The topological polar surface area (TPSA) is 6.48 Å². The van der Waals surface area contributed by atoms with Crippen molar-refractivity contribution in [2.75, 3.05) is 9.80 Å². The van der Waals surface area contributed by atoms with Crippen molar-refractivity contribution in [3.8, 4) is 22.3 Å². The number of fused-ring (bicyclic) bond motifs is 4. The predicted molar refractivity (Wildman–Crippen MR) is 237 cm³/mol. The Morgan fingerprint density at radius 3 is 1.98 bits per heavy atom. The van der Waals surface area contributed by atoms with Crippen molar-refractivity contribution in [1.82, 2.24) is 0 Å². The van der Waals surface area contributed by atoms with Crippen LogP contribution in [0.2, 0.25) is 0 Å². The normalized spacial score (nSPS) is 20.1. The van der Waals surface area contributed by atoms with Crippen LogP contribution in [0.4, 0.5) is 17.1 Å². The number of para-hydroxylation sites is 1. The Morgan fingerprint density at radius 1 is 0.518 bits per heavy atom. The zero-order valence-corrected chi connectivity index (χ0v) is 31.9. The first kappa shape index (κ1) is 33.2. The van der Waals surface area contributed by atoms with Crippen molar-refractivity contribution in [2.24, 2.45) is 5.92 Å². The highest BCUT2D eigenvalue weighted by Gasteiger charge is 2.33. The minimum atomic E-state index is 0.298. The van der Waals surface area contributed by atoms with Gasteiger partial charge in [0.15, 0.2) is 0 Å². The fourth-order valence-corrected chi connectivity index (χ4v) is 10.4. The summed E-state index contributed by atoms with van der Waals surface area (Å²) in [6.07, 6.45) is 27.9. The van der Waals surface area contributed by atoms with Crippen LogP contribution in [0.15, 0.2) is 192 Å². The van der Waals surface area contributed by atoms with Crippen LogP contribution in [0.3, 0.4) is 0 Å². The van der Waals surface area contributed by atoms with E-state index in [4.69, 9.17) is 0 Å². The van der Waals surface area contributed by atoms with Gasteiger partial charge in [0.1, 0.15) is 0 Å². The van der Waals surface area contributed by atoms with Gasteiger partial charge in [0, 0.05) is 34.4 Å². The average molecular weight is 723 g/mol. The second kappa shape index (κ2) is 13.9. The number of aryl methyl sites for hydroxylation is 1. The third kappa shape index (κ3) is 5.54. The van der Waals surface area contributed by atoms with Crippen molar-refractivity contribution >= 4 is 38.6 Å². The fraction of sp³-hybridized carbons (Fsp3) is 0.185. The molecule has 2 atom stereocenters. The lowest BCUT2D eigenvalue weighted by Gasteiger charge is -2.38. The second-order valence-corrected chi connectivity index (χ2v) is 16.1. The van der Waals surface area contributed by atoms with Crippen molar-refractivity contribution in [3.05, 3.63) is 198 Å². The van der Waals surface area contributed by atoms with Crippen LogP contribution in [0.25, 0.3) is 43.8 Å². The molecule has 2 heterocycles. The monoisotopic (exact) mass is 722 g/mol. The summed E-state index contributed by atoms with van der Waals surface area (Å²) in [4.78, 5) is 5.28. The van der Waals surface area contributed by atoms with Crippen molar-refractivity contribution in [2.45, 2.75) is 57.4 Å². The zero-order valence-electron chi connectivity index (χ0n) is 31.9. The summed E-state index contributed by atoms with van der Waals surface area (Å²) < 4.78 is 0. The van der Waals surface area contributed by atoms with Gasteiger partial charge in [0.2, 0.25) is 0 Å². The van der Waals surface area contributed by atoms with Gasteiger partial charge in [-0.05, 0) is 148 Å². The summed E-state index contributed by atoms with van der Waals surface area (Å²) in [5, 5.41) is 5.17. The average Bonchev–Trinajstić information content (AvgIpc) is 3.54. The molecule has 6 aromatic rings. The number of rotatable bonds is 4. The van der Waals surface area contributed by atoms with Gasteiger partial charge < -0.3 is 9.80 Å². The summed E-state index contributed by atoms with van der Waals surface area (Å²) in [7, 11) is 0. The standard InChI is InChI=1S/C54H46N2/c1-3-19-41(20-4-1)53-45-33-31-43(55-49-23-11-7-15-37(49)27-28-38-16-8-12-24-50(38)55)35-47(45)54(42-21-5-2-6-22-42)48-36-44(32-34-46(48)53)56-51-25-13-9-17-39(51)29-30-40-18-10-14-26-52(40)56/h1-9,11,13-17,19-23,25-26,31-37,49H,10,12,18,24,27-30H2. The van der Waals surface area contributed by atoms with E-state index >= 15 is 0 Å². The quantitative estimate of drug-likeness (QED) is 0.167. The third-order valence-corrected chi connectivity index (χ3v) is 13.0. The third-order valence-electron chi connectivity index (χ3n) is 13.0. The SMILES string of the molecule is C1=CC2CCC3=C(CCC=C3)N(c3ccc4c(-c5ccccc5)c5ccc(N6C7=C(CCC=C7)CCc7ccccc76)cc5c(-c5ccccc5)c4c3)C2C=C1. The van der Waals surface area contributed by atoms with Gasteiger partial charge in [0.25, 0.3) is 0 Å². The number of hydrogen-bond acceptors (Lipinski definition) is 2. The largest absolute Gasteiger partial charge is 0.337 e. The molecule has 11 rings (SSSR count). The first-order chi connectivity index (χ1) is 27.8. The lowest BCUT2D eigenvalue weighted by Crippen LogP contribution is -2.38. The van der Waals surface area contributed by atoms with Gasteiger partial charge in [-0.2, -0.15) is 0 Å². The van der Waals surface area contributed by atoms with Crippen LogP contribution in [-0.2, 0) is 6.42 Å². The minimum Gasteiger partial charge on any atom is -0.337 e. The molecule has 6 aromatic carbocycles. The minimum absolute atomic E-state index is 0.298. The summed E-state index contributed by atoms with van der Waals surface area (Å²) >= 11 is 0. The maximum absolute atomic E-state index is 2.71. The van der Waals surface area contributed by atoms with Gasteiger partial charge in [-0.25, -0.2) is 0 Å². The van der Waals surface area contributed by atoms with E-state index < -0.39 is 0 Å². The van der Waals surface area contributed by atoms with E-state index in [1.807, 2.05) is 0 Å².